The van der Waals surface area contributed by atoms with Gasteiger partial charge in [0.25, 0.3) is 11.5 Å². The zero-order valence-electron chi connectivity index (χ0n) is 19.2. The zero-order valence-corrected chi connectivity index (χ0v) is 19.2. The highest BCUT2D eigenvalue weighted by Gasteiger charge is 2.27. The van der Waals surface area contributed by atoms with Gasteiger partial charge in [0.05, 0.1) is 13.1 Å². The highest BCUT2D eigenvalue weighted by atomic mass is 16.3. The SMILES string of the molecule is Cc1ccc(C(=O)N2CCN(CC(=O)c3c(N)n(Cc4ccccc4)c(=O)n(C)c3=O)CC2)o1. The van der Waals surface area contributed by atoms with Gasteiger partial charge in [-0.1, -0.05) is 30.3 Å². The van der Waals surface area contributed by atoms with E-state index in [0.29, 0.717) is 37.7 Å². The molecule has 0 spiro atoms. The van der Waals surface area contributed by atoms with Crippen molar-refractivity contribution >= 4 is 17.5 Å². The summed E-state index contributed by atoms with van der Waals surface area (Å²) in [7, 11) is 1.34. The first-order valence-corrected chi connectivity index (χ1v) is 11.0. The van der Waals surface area contributed by atoms with Crippen LogP contribution >= 0.6 is 0 Å². The molecule has 0 unspecified atom stereocenters. The minimum atomic E-state index is -0.709. The van der Waals surface area contributed by atoms with Crippen LogP contribution in [0.2, 0.25) is 0 Å². The van der Waals surface area contributed by atoms with E-state index in [-0.39, 0.29) is 30.4 Å². The Kier molecular flexibility index (Phi) is 6.51. The highest BCUT2D eigenvalue weighted by Crippen LogP contribution is 2.14. The molecule has 1 amide bonds. The molecule has 0 atom stereocenters. The monoisotopic (exact) mass is 465 g/mol. The summed E-state index contributed by atoms with van der Waals surface area (Å²) >= 11 is 0. The quantitative estimate of drug-likeness (QED) is 0.532. The van der Waals surface area contributed by atoms with Crippen LogP contribution in [0.15, 0.2) is 56.5 Å². The van der Waals surface area contributed by atoms with Crippen LogP contribution in [-0.4, -0.2) is 63.3 Å². The minimum absolute atomic E-state index is 0.0368. The molecule has 1 fully saturated rings. The molecular weight excluding hydrogens is 438 g/mol. The lowest BCUT2D eigenvalue weighted by atomic mass is 10.1. The molecule has 1 saturated heterocycles. The Bertz CT molecular complexity index is 1330. The predicted octanol–water partition coefficient (Wildman–Crippen LogP) is 0.720. The fourth-order valence-electron chi connectivity index (χ4n) is 4.06. The Labute approximate surface area is 195 Å². The topological polar surface area (TPSA) is 124 Å². The molecule has 0 aliphatic carbocycles. The van der Waals surface area contributed by atoms with E-state index in [1.807, 2.05) is 35.2 Å². The first-order chi connectivity index (χ1) is 16.3. The Balaban J connectivity index is 1.48. The third kappa shape index (κ3) is 4.58. The number of nitrogens with zero attached hydrogens (tertiary/aromatic N) is 4. The number of amides is 1. The van der Waals surface area contributed by atoms with Crippen molar-refractivity contribution in [1.29, 1.82) is 0 Å². The molecule has 2 N–H and O–H groups in total. The molecule has 1 aliphatic rings. The normalized spacial score (nSPS) is 14.4. The number of hydrogen-bond donors (Lipinski definition) is 1. The standard InChI is InChI=1S/C24H27N5O5/c1-16-8-9-19(34-16)22(31)28-12-10-27(11-13-28)15-18(30)20-21(25)29(24(33)26(2)23(20)32)14-17-6-4-3-5-7-17/h3-9H,10-15,25H2,1-2H3. The molecule has 10 nitrogen and oxygen atoms in total. The van der Waals surface area contributed by atoms with Crippen LogP contribution in [-0.2, 0) is 13.6 Å². The smallest absolute Gasteiger partial charge is 0.332 e. The average molecular weight is 466 g/mol. The number of anilines is 1. The van der Waals surface area contributed by atoms with Gasteiger partial charge in [0.1, 0.15) is 17.1 Å². The maximum absolute atomic E-state index is 13.1. The summed E-state index contributed by atoms with van der Waals surface area (Å²) in [5.74, 6) is 0.176. The first-order valence-electron chi connectivity index (χ1n) is 11.0. The summed E-state index contributed by atoms with van der Waals surface area (Å²) < 4.78 is 7.56. The van der Waals surface area contributed by atoms with E-state index in [9.17, 15) is 19.2 Å². The van der Waals surface area contributed by atoms with Crippen molar-refractivity contribution in [1.82, 2.24) is 18.9 Å². The van der Waals surface area contributed by atoms with E-state index < -0.39 is 17.0 Å². The lowest BCUT2D eigenvalue weighted by Gasteiger charge is -2.33. The summed E-state index contributed by atoms with van der Waals surface area (Å²) in [6, 6.07) is 12.6. The van der Waals surface area contributed by atoms with Gasteiger partial charge >= 0.3 is 5.69 Å². The van der Waals surface area contributed by atoms with Crippen LogP contribution in [0.25, 0.3) is 0 Å². The predicted molar refractivity (Wildman–Crippen MR) is 126 cm³/mol. The van der Waals surface area contributed by atoms with Crippen LogP contribution in [0.1, 0.15) is 32.2 Å². The molecule has 1 aliphatic heterocycles. The van der Waals surface area contributed by atoms with E-state index in [1.54, 1.807) is 24.0 Å². The number of carbonyl (C=O) groups excluding carboxylic acids is 2. The fraction of sp³-hybridized carbons (Fsp3) is 0.333. The second kappa shape index (κ2) is 9.52. The van der Waals surface area contributed by atoms with E-state index in [0.717, 1.165) is 10.1 Å². The summed E-state index contributed by atoms with van der Waals surface area (Å²) in [5, 5.41) is 0. The van der Waals surface area contributed by atoms with Crippen molar-refractivity contribution in [3.8, 4) is 0 Å². The number of carbonyl (C=O) groups is 2. The number of nitrogens with two attached hydrogens (primary N) is 1. The number of Topliss-reactive ketones (excluding diaryl/α,β-unsaturated/α-hetero) is 1. The molecule has 1 aromatic carbocycles. The first kappa shape index (κ1) is 23.2. The molecule has 10 heteroatoms. The Morgan fingerprint density at radius 3 is 2.29 bits per heavy atom. The number of ketones is 1. The van der Waals surface area contributed by atoms with Crippen LogP contribution in [0, 0.1) is 6.92 Å². The van der Waals surface area contributed by atoms with Gasteiger partial charge in [-0.2, -0.15) is 0 Å². The number of aromatic nitrogens is 2. The number of aryl methyl sites for hydroxylation is 1. The Hall–Kier alpha value is -3.92. The van der Waals surface area contributed by atoms with Crippen molar-refractivity contribution in [2.75, 3.05) is 38.5 Å². The molecule has 3 heterocycles. The van der Waals surface area contributed by atoms with Crippen LogP contribution < -0.4 is 17.0 Å². The van der Waals surface area contributed by atoms with Gasteiger partial charge in [0, 0.05) is 33.2 Å². The van der Waals surface area contributed by atoms with Crippen molar-refractivity contribution < 1.29 is 14.0 Å². The summed E-state index contributed by atoms with van der Waals surface area (Å²) in [4.78, 5) is 54.7. The second-order valence-electron chi connectivity index (χ2n) is 8.38. The largest absolute Gasteiger partial charge is 0.456 e. The van der Waals surface area contributed by atoms with Gasteiger partial charge in [-0.05, 0) is 24.6 Å². The lowest BCUT2D eigenvalue weighted by Crippen LogP contribution is -2.50. The Morgan fingerprint density at radius 1 is 1.00 bits per heavy atom. The van der Waals surface area contributed by atoms with E-state index in [1.165, 1.54) is 11.6 Å². The third-order valence-electron chi connectivity index (χ3n) is 6.02. The van der Waals surface area contributed by atoms with Crippen LogP contribution in [0.5, 0.6) is 0 Å². The van der Waals surface area contributed by atoms with Gasteiger partial charge in [-0.25, -0.2) is 4.79 Å². The van der Waals surface area contributed by atoms with Crippen molar-refractivity contribution in [3.63, 3.8) is 0 Å². The molecule has 0 bridgehead atoms. The van der Waals surface area contributed by atoms with Crippen molar-refractivity contribution in [2.24, 2.45) is 7.05 Å². The molecule has 178 valence electrons. The molecule has 0 saturated carbocycles. The third-order valence-corrected chi connectivity index (χ3v) is 6.02. The minimum Gasteiger partial charge on any atom is -0.456 e. The number of benzene rings is 1. The van der Waals surface area contributed by atoms with Gasteiger partial charge < -0.3 is 15.1 Å². The van der Waals surface area contributed by atoms with Gasteiger partial charge in [0.15, 0.2) is 11.5 Å². The Morgan fingerprint density at radius 2 is 1.68 bits per heavy atom. The van der Waals surface area contributed by atoms with E-state index in [4.69, 9.17) is 10.2 Å². The maximum Gasteiger partial charge on any atom is 0.332 e. The number of furan rings is 1. The van der Waals surface area contributed by atoms with E-state index in [2.05, 4.69) is 0 Å². The van der Waals surface area contributed by atoms with Crippen LogP contribution in [0.3, 0.4) is 0 Å². The van der Waals surface area contributed by atoms with Gasteiger partial charge in [0.2, 0.25) is 0 Å². The number of piperazine rings is 1. The number of hydrogen-bond acceptors (Lipinski definition) is 7. The van der Waals surface area contributed by atoms with Gasteiger partial charge in [-0.15, -0.1) is 0 Å². The zero-order chi connectivity index (χ0) is 24.4. The lowest BCUT2D eigenvalue weighted by molar-refractivity contribution is 0.0594. The molecule has 2 aromatic heterocycles. The molecule has 0 radical (unpaired) electrons. The number of rotatable bonds is 6. The van der Waals surface area contributed by atoms with Crippen molar-refractivity contribution in [2.45, 2.75) is 13.5 Å². The summed E-state index contributed by atoms with van der Waals surface area (Å²) in [5.41, 5.74) is 5.52. The fourth-order valence-corrected chi connectivity index (χ4v) is 4.06. The molecule has 3 aromatic rings. The molecule has 34 heavy (non-hydrogen) atoms. The summed E-state index contributed by atoms with van der Waals surface area (Å²) in [6.45, 7) is 3.65. The molecule has 4 rings (SSSR count). The van der Waals surface area contributed by atoms with Crippen molar-refractivity contribution in [3.05, 3.63) is 86.0 Å². The maximum atomic E-state index is 13.1. The number of nitrogen functional groups attached to an aromatic ring is 1. The summed E-state index contributed by atoms with van der Waals surface area (Å²) in [6.07, 6.45) is 0. The van der Waals surface area contributed by atoms with Gasteiger partial charge in [-0.3, -0.25) is 28.4 Å². The average Bonchev–Trinajstić information content (AvgIpc) is 3.27. The van der Waals surface area contributed by atoms with Crippen LogP contribution in [0.4, 0.5) is 5.82 Å². The second-order valence-corrected chi connectivity index (χ2v) is 8.38. The highest BCUT2D eigenvalue weighted by molar-refractivity contribution is 6.01. The van der Waals surface area contributed by atoms with E-state index >= 15 is 0 Å². The molecular formula is C24H27N5O5.